The number of hydrogen-bond acceptors (Lipinski definition) is 12. The Morgan fingerprint density at radius 1 is 1.06 bits per heavy atom. The minimum Gasteiger partial charge on any atom is -0.387 e. The number of ether oxygens (including phenoxy) is 1. The third kappa shape index (κ3) is 7.26. The number of halogens is 1. The van der Waals surface area contributed by atoms with E-state index >= 15 is 0 Å². The first-order chi connectivity index (χ1) is 16.5. The van der Waals surface area contributed by atoms with Crippen LogP contribution in [0.2, 0.25) is 5.02 Å². The van der Waals surface area contributed by atoms with Crippen molar-refractivity contribution in [3.8, 4) is 11.1 Å². The summed E-state index contributed by atoms with van der Waals surface area (Å²) in [5, 5.41) is 21.2. The summed E-state index contributed by atoms with van der Waals surface area (Å²) in [6.07, 6.45) is -4.94. The highest BCUT2D eigenvalue weighted by Crippen LogP contribution is 2.66. The Balaban J connectivity index is 1.79. The third-order valence-corrected chi connectivity index (χ3v) is 9.01. The first-order valence-electron chi connectivity index (χ1n) is 9.43. The summed E-state index contributed by atoms with van der Waals surface area (Å²) in [5.74, 6) is 0.0154. The van der Waals surface area contributed by atoms with Gasteiger partial charge in [0.1, 0.15) is 24.1 Å². The largest absolute Gasteiger partial charge is 0.490 e. The van der Waals surface area contributed by atoms with Gasteiger partial charge >= 0.3 is 23.5 Å². The van der Waals surface area contributed by atoms with Gasteiger partial charge in [-0.15, -0.1) is 0 Å². The van der Waals surface area contributed by atoms with Crippen molar-refractivity contribution in [2.45, 2.75) is 24.5 Å². The van der Waals surface area contributed by atoms with Gasteiger partial charge in [-0.1, -0.05) is 29.8 Å². The number of nitrogens with zero attached hydrogens (tertiary/aromatic N) is 2. The molecule has 0 spiro atoms. The van der Waals surface area contributed by atoms with E-state index in [-0.39, 0.29) is 10.6 Å². The summed E-state index contributed by atoms with van der Waals surface area (Å²) in [5.41, 5.74) is 6.76. The first kappa shape index (κ1) is 29.5. The summed E-state index contributed by atoms with van der Waals surface area (Å²) in [4.78, 5) is 39.9. The average molecular weight is 610 g/mol. The van der Waals surface area contributed by atoms with Crippen molar-refractivity contribution in [2.75, 3.05) is 12.3 Å². The molecule has 0 radical (unpaired) electrons. The summed E-state index contributed by atoms with van der Waals surface area (Å²) in [6, 6.07) is 6.63. The summed E-state index contributed by atoms with van der Waals surface area (Å²) >= 11 is 11.4. The van der Waals surface area contributed by atoms with Gasteiger partial charge in [-0.2, -0.15) is 8.62 Å². The van der Waals surface area contributed by atoms with Crippen LogP contribution in [0.5, 0.6) is 0 Å². The number of hydrogen-bond donors (Lipinski definition) is 7. The highest BCUT2D eigenvalue weighted by atomic mass is 35.5. The molecule has 1 aliphatic rings. The molecule has 2 unspecified atom stereocenters. The average Bonchev–Trinajstić information content (AvgIpc) is 2.99. The van der Waals surface area contributed by atoms with E-state index in [1.807, 2.05) is 0 Å². The fraction of sp³-hybridized carbons (Fsp3) is 0.333. The van der Waals surface area contributed by atoms with Crippen LogP contribution < -0.4 is 5.73 Å². The molecule has 36 heavy (non-hydrogen) atoms. The Morgan fingerprint density at radius 3 is 2.31 bits per heavy atom. The smallest absolute Gasteiger partial charge is 0.387 e. The lowest BCUT2D eigenvalue weighted by Crippen LogP contribution is -2.33. The van der Waals surface area contributed by atoms with Crippen LogP contribution in [0.4, 0.5) is 5.82 Å². The van der Waals surface area contributed by atoms with Crippen LogP contribution in [0.1, 0.15) is 6.23 Å². The maximum Gasteiger partial charge on any atom is 0.490 e. The Labute approximate surface area is 212 Å². The molecule has 1 fully saturated rings. The molecule has 0 saturated carbocycles. The minimum atomic E-state index is -5.74. The van der Waals surface area contributed by atoms with Crippen molar-refractivity contribution in [1.29, 1.82) is 0 Å². The predicted octanol–water partition coefficient (Wildman–Crippen LogP) is 1.48. The second-order valence-electron chi connectivity index (χ2n) is 7.14. The number of aromatic nitrogens is 2. The van der Waals surface area contributed by atoms with Crippen LogP contribution in [-0.4, -0.2) is 64.3 Å². The molecule has 2 heterocycles. The second kappa shape index (κ2) is 10.9. The predicted molar refractivity (Wildman–Crippen MR) is 124 cm³/mol. The van der Waals surface area contributed by atoms with Gasteiger partial charge in [0.05, 0.1) is 6.61 Å². The molecule has 200 valence electrons. The number of aliphatic hydroxyl groups excluding tert-OH is 2. The summed E-state index contributed by atoms with van der Waals surface area (Å²) < 4.78 is 52.2. The van der Waals surface area contributed by atoms with E-state index in [9.17, 15) is 33.7 Å². The molecule has 0 bridgehead atoms. The second-order valence-corrected chi connectivity index (χ2v) is 12.3. The van der Waals surface area contributed by atoms with Gasteiger partial charge in [0.25, 0.3) is 0 Å². The molecule has 21 heteroatoms. The Bertz CT molecular complexity index is 1340. The number of benzene rings is 1. The molecule has 0 amide bonds. The normalized spacial score (nSPS) is 25.9. The fourth-order valence-corrected chi connectivity index (χ4v) is 6.64. The molecule has 6 atom stereocenters. The Hall–Kier alpha value is -1.10. The van der Waals surface area contributed by atoms with Crippen LogP contribution in [0.25, 0.3) is 11.1 Å². The lowest BCUT2D eigenvalue weighted by atomic mass is 10.1. The third-order valence-electron chi connectivity index (χ3n) is 4.57. The van der Waals surface area contributed by atoms with Gasteiger partial charge in [0.2, 0.25) is 4.77 Å². The number of phosphoric ester groups is 1. The number of phosphoric acid groups is 3. The highest BCUT2D eigenvalue weighted by molar-refractivity contribution is 7.71. The molecule has 1 aliphatic heterocycles. The monoisotopic (exact) mass is 609 g/mol. The number of anilines is 1. The fourth-order valence-electron chi connectivity index (χ4n) is 3.12. The van der Waals surface area contributed by atoms with Crippen molar-refractivity contribution in [2.24, 2.45) is 0 Å². The molecule has 1 aromatic heterocycles. The SMILES string of the molecule is Nc1nc(=S)n([C@@H]2O[C@H](COP(=O)(O)OP(=O)(O)OP(=O)(O)O)[C@@H](O)[C@H]2O)cc1-c1ccccc1Cl. The van der Waals surface area contributed by atoms with Crippen molar-refractivity contribution < 1.29 is 61.4 Å². The topological polar surface area (TPSA) is 253 Å². The zero-order valence-corrected chi connectivity index (χ0v) is 21.8. The lowest BCUT2D eigenvalue weighted by Gasteiger charge is -2.20. The number of aliphatic hydroxyl groups is 2. The van der Waals surface area contributed by atoms with E-state index < -0.39 is 54.6 Å². The van der Waals surface area contributed by atoms with E-state index in [1.165, 1.54) is 6.20 Å². The quantitative estimate of drug-likeness (QED) is 0.157. The Morgan fingerprint density at radius 2 is 1.69 bits per heavy atom. The van der Waals surface area contributed by atoms with E-state index in [0.717, 1.165) is 4.57 Å². The zero-order chi connectivity index (χ0) is 27.1. The van der Waals surface area contributed by atoms with Crippen LogP contribution in [0, 0.1) is 4.77 Å². The van der Waals surface area contributed by atoms with Gasteiger partial charge in [0.15, 0.2) is 6.23 Å². The molecule has 0 aliphatic carbocycles. The number of rotatable bonds is 9. The summed E-state index contributed by atoms with van der Waals surface area (Å²) in [7, 11) is -16.8. The van der Waals surface area contributed by atoms with Crippen LogP contribution in [-0.2, 0) is 31.6 Å². The van der Waals surface area contributed by atoms with E-state index in [1.54, 1.807) is 24.3 Å². The molecule has 1 saturated heterocycles. The Kier molecular flexibility index (Phi) is 8.96. The molecule has 8 N–H and O–H groups in total. The van der Waals surface area contributed by atoms with E-state index in [2.05, 4.69) is 18.1 Å². The van der Waals surface area contributed by atoms with Crippen molar-refractivity contribution in [3.05, 3.63) is 40.3 Å². The van der Waals surface area contributed by atoms with Gasteiger partial charge in [0, 0.05) is 22.3 Å². The van der Waals surface area contributed by atoms with Crippen molar-refractivity contribution in [1.82, 2.24) is 9.55 Å². The van der Waals surface area contributed by atoms with Gasteiger partial charge in [-0.05, 0) is 18.3 Å². The number of nitrogen functional groups attached to an aromatic ring is 1. The molecular formula is C15H19ClN3O13P3S. The van der Waals surface area contributed by atoms with Gasteiger partial charge in [-0.25, -0.2) is 18.7 Å². The molecule has 16 nitrogen and oxygen atoms in total. The lowest BCUT2D eigenvalue weighted by molar-refractivity contribution is -0.0532. The standard InChI is InChI=1S/C15H19ClN3O13P3S/c16-9-4-2-1-3-7(9)8-5-19(15(36)18-13(8)17)14-12(21)11(20)10(30-14)6-29-34(25,26)32-35(27,28)31-33(22,23)24/h1-5,10-12,14,20-21H,6H2,(H,25,26)(H,27,28)(H2,17,18,36)(H2,22,23,24)/t10-,11-,12-,14-/m1/s1. The van der Waals surface area contributed by atoms with E-state index in [4.69, 9.17) is 44.1 Å². The minimum absolute atomic E-state index is 0.0154. The maximum absolute atomic E-state index is 11.9. The van der Waals surface area contributed by atoms with Crippen LogP contribution in [0.3, 0.4) is 0 Å². The van der Waals surface area contributed by atoms with E-state index in [0.29, 0.717) is 16.1 Å². The van der Waals surface area contributed by atoms with Gasteiger partial charge in [-0.3, -0.25) is 9.09 Å². The van der Waals surface area contributed by atoms with Crippen LogP contribution in [0.15, 0.2) is 30.5 Å². The highest BCUT2D eigenvalue weighted by Gasteiger charge is 2.46. The molecule has 3 rings (SSSR count). The van der Waals surface area contributed by atoms with Crippen LogP contribution >= 0.6 is 47.3 Å². The zero-order valence-electron chi connectivity index (χ0n) is 17.5. The van der Waals surface area contributed by atoms with Crippen molar-refractivity contribution >= 4 is 53.1 Å². The van der Waals surface area contributed by atoms with Crippen molar-refractivity contribution in [3.63, 3.8) is 0 Å². The van der Waals surface area contributed by atoms with Gasteiger partial charge < -0.3 is 40.3 Å². The molecule has 2 aromatic rings. The maximum atomic E-state index is 11.9. The molecule has 1 aromatic carbocycles. The molecular weight excluding hydrogens is 591 g/mol. The number of nitrogens with two attached hydrogens (primary N) is 1. The summed E-state index contributed by atoms with van der Waals surface area (Å²) in [6.45, 7) is -0.995. The first-order valence-corrected chi connectivity index (χ1v) is 14.7.